The molecule has 0 saturated heterocycles. The van der Waals surface area contributed by atoms with Gasteiger partial charge in [-0.25, -0.2) is 0 Å². The van der Waals surface area contributed by atoms with Crippen molar-refractivity contribution in [2.75, 3.05) is 12.0 Å². The number of para-hydroxylation sites is 1. The molecular formula is C25H24N2O3. The van der Waals surface area contributed by atoms with Crippen molar-refractivity contribution in [1.29, 1.82) is 0 Å². The van der Waals surface area contributed by atoms with Gasteiger partial charge in [0, 0.05) is 23.4 Å². The van der Waals surface area contributed by atoms with E-state index < -0.39 is 6.04 Å². The summed E-state index contributed by atoms with van der Waals surface area (Å²) in [6.45, 7) is 2.38. The fourth-order valence-electron chi connectivity index (χ4n) is 3.90. The number of rotatable bonds is 6. The number of methoxy groups -OCH3 is 1. The highest BCUT2D eigenvalue weighted by atomic mass is 16.5. The molecule has 0 bridgehead atoms. The molecule has 0 aliphatic carbocycles. The third-order valence-corrected chi connectivity index (χ3v) is 5.45. The van der Waals surface area contributed by atoms with E-state index in [-0.39, 0.29) is 11.8 Å². The highest BCUT2D eigenvalue weighted by molar-refractivity contribution is 6.15. The van der Waals surface area contributed by atoms with Crippen LogP contribution in [0.3, 0.4) is 0 Å². The second-order valence-corrected chi connectivity index (χ2v) is 7.22. The summed E-state index contributed by atoms with van der Waals surface area (Å²) in [6.07, 6.45) is 0.855. The molecule has 0 unspecified atom stereocenters. The Hall–Kier alpha value is -3.60. The molecule has 2 amide bonds. The van der Waals surface area contributed by atoms with Crippen LogP contribution in [0, 0.1) is 0 Å². The molecule has 1 N–H and O–H groups in total. The summed E-state index contributed by atoms with van der Waals surface area (Å²) >= 11 is 0. The van der Waals surface area contributed by atoms with E-state index in [1.807, 2.05) is 66.7 Å². The smallest absolute Gasteiger partial charge is 0.259 e. The van der Waals surface area contributed by atoms with Crippen LogP contribution in [0.25, 0.3) is 0 Å². The van der Waals surface area contributed by atoms with Crippen molar-refractivity contribution in [3.05, 3.63) is 95.1 Å². The molecule has 1 aliphatic heterocycles. The van der Waals surface area contributed by atoms with Crippen molar-refractivity contribution < 1.29 is 14.3 Å². The number of amides is 2. The Balaban J connectivity index is 1.67. The van der Waals surface area contributed by atoms with Gasteiger partial charge in [-0.2, -0.15) is 0 Å². The maximum atomic E-state index is 13.3. The molecule has 0 fully saturated rings. The number of carbonyl (C=O) groups is 2. The molecule has 152 valence electrons. The molecule has 4 rings (SSSR count). The SMILES string of the molecule is CCc1cccc(N2C(=O)c3ccccc3[C@@H]2C(=O)NCc2ccccc2OC)c1. The summed E-state index contributed by atoms with van der Waals surface area (Å²) in [5, 5.41) is 2.99. The van der Waals surface area contributed by atoms with Crippen molar-refractivity contribution in [1.82, 2.24) is 5.32 Å². The second-order valence-electron chi connectivity index (χ2n) is 7.22. The van der Waals surface area contributed by atoms with Crippen molar-refractivity contribution >= 4 is 17.5 Å². The topological polar surface area (TPSA) is 58.6 Å². The number of anilines is 1. The van der Waals surface area contributed by atoms with E-state index in [1.165, 1.54) is 0 Å². The fourth-order valence-corrected chi connectivity index (χ4v) is 3.90. The number of benzene rings is 3. The standard InChI is InChI=1S/C25H24N2O3/c1-3-17-9-8-11-19(15-17)27-23(20-12-5-6-13-21(20)25(27)29)24(28)26-16-18-10-4-7-14-22(18)30-2/h4-15,23H,3,16H2,1-2H3,(H,26,28)/t23-/m1/s1. The van der Waals surface area contributed by atoms with Crippen molar-refractivity contribution in [3.8, 4) is 5.75 Å². The fraction of sp³-hybridized carbons (Fsp3) is 0.200. The van der Waals surface area contributed by atoms with Crippen LogP contribution in [-0.2, 0) is 17.8 Å². The Morgan fingerprint density at radius 2 is 1.80 bits per heavy atom. The van der Waals surface area contributed by atoms with Gasteiger partial charge >= 0.3 is 0 Å². The van der Waals surface area contributed by atoms with Crippen LogP contribution in [0.5, 0.6) is 5.75 Å². The minimum atomic E-state index is -0.712. The first-order chi connectivity index (χ1) is 14.6. The zero-order valence-corrected chi connectivity index (χ0v) is 17.1. The number of ether oxygens (including phenoxy) is 1. The van der Waals surface area contributed by atoms with E-state index in [4.69, 9.17) is 4.74 Å². The molecule has 3 aromatic rings. The number of nitrogens with one attached hydrogen (secondary N) is 1. The van der Waals surface area contributed by atoms with E-state index in [1.54, 1.807) is 18.1 Å². The molecule has 1 atom stereocenters. The van der Waals surface area contributed by atoms with Crippen molar-refractivity contribution in [3.63, 3.8) is 0 Å². The minimum Gasteiger partial charge on any atom is -0.496 e. The molecule has 0 spiro atoms. The Morgan fingerprint density at radius 1 is 1.03 bits per heavy atom. The summed E-state index contributed by atoms with van der Waals surface area (Å²) in [6, 6.07) is 22.0. The lowest BCUT2D eigenvalue weighted by atomic mass is 10.0. The van der Waals surface area contributed by atoms with Crippen LogP contribution in [0.4, 0.5) is 5.69 Å². The molecule has 3 aromatic carbocycles. The van der Waals surface area contributed by atoms with Gasteiger partial charge in [-0.1, -0.05) is 55.5 Å². The molecule has 5 heteroatoms. The van der Waals surface area contributed by atoms with Crippen LogP contribution in [0.1, 0.15) is 40.0 Å². The number of hydrogen-bond donors (Lipinski definition) is 1. The summed E-state index contributed by atoms with van der Waals surface area (Å²) in [7, 11) is 1.61. The first kappa shape index (κ1) is 19.7. The Bertz CT molecular complexity index is 1090. The Morgan fingerprint density at radius 3 is 2.60 bits per heavy atom. The zero-order valence-electron chi connectivity index (χ0n) is 17.1. The van der Waals surface area contributed by atoms with Gasteiger partial charge in [0.15, 0.2) is 0 Å². The van der Waals surface area contributed by atoms with Gasteiger partial charge in [-0.05, 0) is 41.8 Å². The van der Waals surface area contributed by atoms with Gasteiger partial charge in [-0.3, -0.25) is 14.5 Å². The molecule has 0 aromatic heterocycles. The zero-order chi connectivity index (χ0) is 21.1. The quantitative estimate of drug-likeness (QED) is 0.672. The maximum absolute atomic E-state index is 13.3. The van der Waals surface area contributed by atoms with E-state index in [0.29, 0.717) is 17.9 Å². The predicted octanol–water partition coefficient (Wildman–Crippen LogP) is 4.28. The maximum Gasteiger partial charge on any atom is 0.259 e. The number of hydrogen-bond acceptors (Lipinski definition) is 3. The molecule has 1 aliphatic rings. The average Bonchev–Trinajstić information content (AvgIpc) is 3.10. The molecule has 1 heterocycles. The van der Waals surface area contributed by atoms with E-state index >= 15 is 0 Å². The minimum absolute atomic E-state index is 0.156. The molecule has 0 saturated carbocycles. The summed E-state index contributed by atoms with van der Waals surface area (Å²) in [5.74, 6) is 0.339. The molecule has 5 nitrogen and oxygen atoms in total. The van der Waals surface area contributed by atoms with Crippen LogP contribution in [0.15, 0.2) is 72.8 Å². The summed E-state index contributed by atoms with van der Waals surface area (Å²) < 4.78 is 5.38. The van der Waals surface area contributed by atoms with Gasteiger partial charge in [0.25, 0.3) is 5.91 Å². The van der Waals surface area contributed by atoms with Crippen molar-refractivity contribution in [2.24, 2.45) is 0 Å². The van der Waals surface area contributed by atoms with Gasteiger partial charge in [-0.15, -0.1) is 0 Å². The van der Waals surface area contributed by atoms with E-state index in [2.05, 4.69) is 12.2 Å². The van der Waals surface area contributed by atoms with Crippen molar-refractivity contribution in [2.45, 2.75) is 25.9 Å². The number of carbonyl (C=O) groups excluding carboxylic acids is 2. The van der Waals surface area contributed by atoms with Gasteiger partial charge < -0.3 is 10.1 Å². The van der Waals surface area contributed by atoms with Crippen LogP contribution >= 0.6 is 0 Å². The van der Waals surface area contributed by atoms with E-state index in [9.17, 15) is 9.59 Å². The molecule has 30 heavy (non-hydrogen) atoms. The Kier molecular flexibility index (Phi) is 5.53. The Labute approximate surface area is 176 Å². The number of fused-ring (bicyclic) bond motifs is 1. The van der Waals surface area contributed by atoms with Gasteiger partial charge in [0.1, 0.15) is 11.8 Å². The predicted molar refractivity (Wildman–Crippen MR) is 117 cm³/mol. The first-order valence-electron chi connectivity index (χ1n) is 10.0. The van der Waals surface area contributed by atoms with Crippen LogP contribution in [-0.4, -0.2) is 18.9 Å². The molecular weight excluding hydrogens is 376 g/mol. The summed E-state index contributed by atoms with van der Waals surface area (Å²) in [5.41, 5.74) is 4.02. The lowest BCUT2D eigenvalue weighted by Gasteiger charge is -2.25. The first-order valence-corrected chi connectivity index (χ1v) is 10.0. The molecule has 0 radical (unpaired) electrons. The normalized spacial score (nSPS) is 15.1. The monoisotopic (exact) mass is 400 g/mol. The van der Waals surface area contributed by atoms with Crippen LogP contribution in [0.2, 0.25) is 0 Å². The third kappa shape index (κ3) is 3.54. The highest BCUT2D eigenvalue weighted by Crippen LogP contribution is 2.38. The van der Waals surface area contributed by atoms with E-state index in [0.717, 1.165) is 28.8 Å². The number of aryl methyl sites for hydroxylation is 1. The lowest BCUT2D eigenvalue weighted by molar-refractivity contribution is -0.122. The highest BCUT2D eigenvalue weighted by Gasteiger charge is 2.41. The van der Waals surface area contributed by atoms with Gasteiger partial charge in [0.05, 0.1) is 7.11 Å². The number of nitrogens with zero attached hydrogens (tertiary/aromatic N) is 1. The average molecular weight is 400 g/mol. The lowest BCUT2D eigenvalue weighted by Crippen LogP contribution is -2.39. The summed E-state index contributed by atoms with van der Waals surface area (Å²) in [4.78, 5) is 28.1. The largest absolute Gasteiger partial charge is 0.496 e. The second kappa shape index (κ2) is 8.41. The van der Waals surface area contributed by atoms with Crippen LogP contribution < -0.4 is 15.0 Å². The third-order valence-electron chi connectivity index (χ3n) is 5.45. The van der Waals surface area contributed by atoms with Gasteiger partial charge in [0.2, 0.25) is 5.91 Å².